The van der Waals surface area contributed by atoms with E-state index in [-0.39, 0.29) is 30.1 Å². The van der Waals surface area contributed by atoms with E-state index in [2.05, 4.69) is 46.1 Å². The van der Waals surface area contributed by atoms with Gasteiger partial charge in [0.2, 0.25) is 5.88 Å². The van der Waals surface area contributed by atoms with Gasteiger partial charge in [0.05, 0.1) is 12.3 Å². The van der Waals surface area contributed by atoms with E-state index >= 15 is 0 Å². The van der Waals surface area contributed by atoms with E-state index in [1.165, 1.54) is 0 Å². The van der Waals surface area contributed by atoms with Crippen molar-refractivity contribution in [2.45, 2.75) is 46.4 Å². The van der Waals surface area contributed by atoms with Crippen molar-refractivity contribution in [2.75, 3.05) is 14.1 Å². The van der Waals surface area contributed by atoms with Gasteiger partial charge in [0.1, 0.15) is 0 Å². The Hall–Kier alpha value is -1.84. The van der Waals surface area contributed by atoms with Crippen molar-refractivity contribution >= 4 is 29.9 Å². The quantitative estimate of drug-likeness (QED) is 0.342. The molecule has 28 heavy (non-hydrogen) atoms. The number of rotatable bonds is 8. The minimum atomic E-state index is 0. The molecule has 0 spiro atoms. The molecule has 2 aromatic rings. The van der Waals surface area contributed by atoms with Crippen LogP contribution in [0.5, 0.6) is 5.88 Å². The summed E-state index contributed by atoms with van der Waals surface area (Å²) < 4.78 is 7.74. The van der Waals surface area contributed by atoms with Gasteiger partial charge < -0.3 is 15.0 Å². The largest absolute Gasteiger partial charge is 0.475 e. The zero-order chi connectivity index (χ0) is 19.8. The highest BCUT2D eigenvalue weighted by Crippen LogP contribution is 2.15. The fourth-order valence-electron chi connectivity index (χ4n) is 3.01. The molecule has 156 valence electrons. The number of aryl methyl sites for hydroxylation is 1. The highest BCUT2D eigenvalue weighted by atomic mass is 127. The second kappa shape index (κ2) is 11.9. The Kier molecular flexibility index (Phi) is 10.3. The van der Waals surface area contributed by atoms with Crippen LogP contribution in [-0.4, -0.2) is 45.8 Å². The number of hydrogen-bond acceptors (Lipinski definition) is 4. The molecule has 0 radical (unpaired) electrons. The van der Waals surface area contributed by atoms with Crippen LogP contribution >= 0.6 is 24.0 Å². The first-order chi connectivity index (χ1) is 12.9. The summed E-state index contributed by atoms with van der Waals surface area (Å²) in [7, 11) is 5.72. The minimum absolute atomic E-state index is 0. The molecule has 1 unspecified atom stereocenters. The minimum Gasteiger partial charge on any atom is -0.475 e. The summed E-state index contributed by atoms with van der Waals surface area (Å²) in [6.45, 7) is 7.87. The third kappa shape index (κ3) is 8.04. The first-order valence-electron chi connectivity index (χ1n) is 9.38. The topological polar surface area (TPSA) is 67.6 Å². The number of nitrogens with zero attached hydrogens (tertiary/aromatic N) is 5. The fourth-order valence-corrected chi connectivity index (χ4v) is 3.01. The lowest BCUT2D eigenvalue weighted by Gasteiger charge is -2.21. The van der Waals surface area contributed by atoms with Gasteiger partial charge in [-0.2, -0.15) is 5.10 Å². The van der Waals surface area contributed by atoms with Gasteiger partial charge in [0.15, 0.2) is 5.96 Å². The molecular weight excluding hydrogens is 467 g/mol. The van der Waals surface area contributed by atoms with Crippen molar-refractivity contribution in [2.24, 2.45) is 18.0 Å². The van der Waals surface area contributed by atoms with E-state index in [1.807, 2.05) is 38.6 Å². The first-order valence-corrected chi connectivity index (χ1v) is 9.38. The number of halogens is 1. The van der Waals surface area contributed by atoms with Crippen LogP contribution in [0.2, 0.25) is 0 Å². The van der Waals surface area contributed by atoms with Crippen molar-refractivity contribution in [3.05, 3.63) is 41.9 Å². The molecule has 0 aliphatic carbocycles. The van der Waals surface area contributed by atoms with Gasteiger partial charge in [-0.05, 0) is 30.9 Å². The molecule has 0 saturated carbocycles. The Balaban J connectivity index is 0.00000392. The molecular formula is C20H33IN6O. The SMILES string of the molecule is CN=C(NCc1ccnc(OC(C)CC(C)C)c1)N(C)Cc1cnn(C)c1.I. The lowest BCUT2D eigenvalue weighted by Crippen LogP contribution is -2.38. The van der Waals surface area contributed by atoms with Gasteiger partial charge >= 0.3 is 0 Å². The van der Waals surface area contributed by atoms with Gasteiger partial charge in [-0.3, -0.25) is 9.67 Å². The van der Waals surface area contributed by atoms with Crippen molar-refractivity contribution in [3.8, 4) is 5.88 Å². The molecule has 0 bridgehead atoms. The van der Waals surface area contributed by atoms with Crippen molar-refractivity contribution in [3.63, 3.8) is 0 Å². The van der Waals surface area contributed by atoms with E-state index < -0.39 is 0 Å². The molecule has 0 fully saturated rings. The van der Waals surface area contributed by atoms with Crippen LogP contribution in [-0.2, 0) is 20.1 Å². The van der Waals surface area contributed by atoms with E-state index in [9.17, 15) is 0 Å². The van der Waals surface area contributed by atoms with Gasteiger partial charge in [-0.15, -0.1) is 24.0 Å². The van der Waals surface area contributed by atoms with Gasteiger partial charge in [0, 0.05) is 58.3 Å². The fraction of sp³-hybridized carbons (Fsp3) is 0.550. The third-order valence-corrected chi connectivity index (χ3v) is 4.13. The number of aliphatic imine (C=N–C) groups is 1. The lowest BCUT2D eigenvalue weighted by molar-refractivity contribution is 0.185. The summed E-state index contributed by atoms with van der Waals surface area (Å²) in [6, 6.07) is 3.97. The Morgan fingerprint density at radius 3 is 2.68 bits per heavy atom. The summed E-state index contributed by atoms with van der Waals surface area (Å²) in [5, 5.41) is 7.60. The van der Waals surface area contributed by atoms with E-state index in [0.29, 0.717) is 18.3 Å². The van der Waals surface area contributed by atoms with E-state index in [1.54, 1.807) is 17.9 Å². The van der Waals surface area contributed by atoms with Crippen molar-refractivity contribution < 1.29 is 4.74 Å². The van der Waals surface area contributed by atoms with Gasteiger partial charge in [0.25, 0.3) is 0 Å². The zero-order valence-electron chi connectivity index (χ0n) is 17.7. The zero-order valence-corrected chi connectivity index (χ0v) is 20.0. The number of pyridine rings is 1. The molecule has 2 heterocycles. The smallest absolute Gasteiger partial charge is 0.213 e. The summed E-state index contributed by atoms with van der Waals surface area (Å²) >= 11 is 0. The summed E-state index contributed by atoms with van der Waals surface area (Å²) in [4.78, 5) is 10.8. The molecule has 8 heteroatoms. The van der Waals surface area contributed by atoms with Crippen LogP contribution in [0.3, 0.4) is 0 Å². The average molecular weight is 500 g/mol. The van der Waals surface area contributed by atoms with Gasteiger partial charge in [-0.25, -0.2) is 4.98 Å². The number of nitrogens with one attached hydrogen (secondary N) is 1. The van der Waals surface area contributed by atoms with Crippen LogP contribution in [0.1, 0.15) is 38.3 Å². The second-order valence-electron chi connectivity index (χ2n) is 7.34. The normalized spacial score (nSPS) is 12.5. The number of hydrogen-bond donors (Lipinski definition) is 1. The molecule has 0 aromatic carbocycles. The van der Waals surface area contributed by atoms with Crippen molar-refractivity contribution in [1.82, 2.24) is 25.0 Å². The summed E-state index contributed by atoms with van der Waals surface area (Å²) in [6.07, 6.45) is 6.83. The molecule has 0 saturated heterocycles. The molecule has 1 atom stereocenters. The molecule has 2 aromatic heterocycles. The predicted molar refractivity (Wildman–Crippen MR) is 124 cm³/mol. The summed E-state index contributed by atoms with van der Waals surface area (Å²) in [5.74, 6) is 2.09. The summed E-state index contributed by atoms with van der Waals surface area (Å²) in [5.41, 5.74) is 2.24. The average Bonchev–Trinajstić information content (AvgIpc) is 2.99. The van der Waals surface area contributed by atoms with E-state index in [0.717, 1.165) is 30.1 Å². The molecule has 0 aliphatic rings. The molecule has 7 nitrogen and oxygen atoms in total. The van der Waals surface area contributed by atoms with Crippen molar-refractivity contribution in [1.29, 1.82) is 0 Å². The molecule has 2 rings (SSSR count). The Morgan fingerprint density at radius 2 is 2.07 bits per heavy atom. The third-order valence-electron chi connectivity index (χ3n) is 4.13. The maximum absolute atomic E-state index is 5.94. The van der Waals surface area contributed by atoms with Crippen LogP contribution < -0.4 is 10.1 Å². The highest BCUT2D eigenvalue weighted by Gasteiger charge is 2.10. The number of aromatic nitrogens is 3. The maximum Gasteiger partial charge on any atom is 0.213 e. The Bertz CT molecular complexity index is 746. The standard InChI is InChI=1S/C20H32N6O.HI/c1-15(2)9-16(3)27-19-10-17(7-8-22-19)11-23-20(21-4)25(5)13-18-12-24-26(6)14-18;/h7-8,10,12,14-16H,9,11,13H2,1-6H3,(H,21,23);1H. The van der Waals surface area contributed by atoms with Crippen LogP contribution in [0.25, 0.3) is 0 Å². The second-order valence-corrected chi connectivity index (χ2v) is 7.34. The number of ether oxygens (including phenoxy) is 1. The van der Waals surface area contributed by atoms with E-state index in [4.69, 9.17) is 4.74 Å². The Labute approximate surface area is 185 Å². The molecule has 0 amide bonds. The monoisotopic (exact) mass is 500 g/mol. The Morgan fingerprint density at radius 1 is 1.32 bits per heavy atom. The van der Waals surface area contributed by atoms with Crippen LogP contribution in [0, 0.1) is 5.92 Å². The highest BCUT2D eigenvalue weighted by molar-refractivity contribution is 14.0. The predicted octanol–water partition coefficient (Wildman–Crippen LogP) is 3.45. The molecule has 1 N–H and O–H groups in total. The maximum atomic E-state index is 5.94. The van der Waals surface area contributed by atoms with Crippen LogP contribution in [0.4, 0.5) is 0 Å². The lowest BCUT2D eigenvalue weighted by atomic mass is 10.1. The number of guanidine groups is 1. The van der Waals surface area contributed by atoms with Crippen LogP contribution in [0.15, 0.2) is 35.7 Å². The molecule has 0 aliphatic heterocycles. The first kappa shape index (κ1) is 24.2. The van der Waals surface area contributed by atoms with Gasteiger partial charge in [-0.1, -0.05) is 13.8 Å².